The van der Waals surface area contributed by atoms with E-state index >= 15 is 0 Å². The number of aliphatic hydroxyl groups is 2. The van der Waals surface area contributed by atoms with Crippen molar-refractivity contribution in [2.45, 2.75) is 97.2 Å². The standard InChI is InChI=1S/C26H45NO6S/c1-16(4-7-23(30)27-12-13-34(31,32)33)19-5-6-20-24-21(9-11-26(19,20)3)25(2)10-8-18(28)14-17(25)15-22(24)29/h16-22,24,28-29H,4-15H2,1-3H3,(H,27,30)(H,31,32,33)/t16-,17-,18+,19+,20-,21-,22+,24-,25-,26+/m0/s1. The van der Waals surface area contributed by atoms with E-state index in [4.69, 9.17) is 4.55 Å². The lowest BCUT2D eigenvalue weighted by molar-refractivity contribution is -0.174. The van der Waals surface area contributed by atoms with Crippen LogP contribution in [0.1, 0.15) is 85.0 Å². The predicted molar refractivity (Wildman–Crippen MR) is 130 cm³/mol. The minimum Gasteiger partial charge on any atom is -0.393 e. The Kier molecular flexibility index (Phi) is 7.47. The number of hydrogen-bond donors (Lipinski definition) is 4. The topological polar surface area (TPSA) is 124 Å². The van der Waals surface area contributed by atoms with E-state index in [1.807, 2.05) is 0 Å². The predicted octanol–water partition coefficient (Wildman–Crippen LogP) is 3.40. The van der Waals surface area contributed by atoms with E-state index in [0.717, 1.165) is 51.4 Å². The van der Waals surface area contributed by atoms with Gasteiger partial charge in [0.2, 0.25) is 5.91 Å². The molecule has 0 unspecified atom stereocenters. The third kappa shape index (κ3) is 4.94. The molecule has 0 heterocycles. The third-order valence-electron chi connectivity index (χ3n) is 10.9. The summed E-state index contributed by atoms with van der Waals surface area (Å²) in [6.07, 6.45) is 8.87. The van der Waals surface area contributed by atoms with Gasteiger partial charge in [-0.3, -0.25) is 9.35 Å². The van der Waals surface area contributed by atoms with Crippen LogP contribution in [-0.4, -0.2) is 53.6 Å². The van der Waals surface area contributed by atoms with Gasteiger partial charge in [-0.2, -0.15) is 8.42 Å². The summed E-state index contributed by atoms with van der Waals surface area (Å²) in [5.74, 6) is 2.10. The SMILES string of the molecule is C[C@@H](CCC(=O)NCCS(=O)(=O)O)[C@H]1CC[C@H]2[C@@H]3[C@H](O)C[C@@H]4C[C@H](O)CC[C@]4(C)[C@H]3CC[C@]12C. The largest absolute Gasteiger partial charge is 0.393 e. The highest BCUT2D eigenvalue weighted by Crippen LogP contribution is 2.68. The zero-order chi connectivity index (χ0) is 24.9. The molecule has 10 atom stereocenters. The number of carbonyl (C=O) groups excluding carboxylic acids is 1. The lowest BCUT2D eigenvalue weighted by atomic mass is 9.43. The highest BCUT2D eigenvalue weighted by atomic mass is 32.2. The van der Waals surface area contributed by atoms with Crippen molar-refractivity contribution in [3.05, 3.63) is 0 Å². The average Bonchev–Trinajstić information content (AvgIpc) is 3.09. The number of amides is 1. The number of rotatable bonds is 7. The second-order valence-corrected chi connectivity index (χ2v) is 14.2. The van der Waals surface area contributed by atoms with E-state index in [1.54, 1.807) is 0 Å². The summed E-state index contributed by atoms with van der Waals surface area (Å²) in [6.45, 7) is 7.05. The number of fused-ring (bicyclic) bond motifs is 5. The van der Waals surface area contributed by atoms with Gasteiger partial charge < -0.3 is 15.5 Å². The Hall–Kier alpha value is -0.700. The van der Waals surface area contributed by atoms with Crippen LogP contribution in [0, 0.1) is 46.3 Å². The molecule has 34 heavy (non-hydrogen) atoms. The van der Waals surface area contributed by atoms with Crippen LogP contribution in [0.15, 0.2) is 0 Å². The van der Waals surface area contributed by atoms with Crippen molar-refractivity contribution in [3.63, 3.8) is 0 Å². The second kappa shape index (κ2) is 9.64. The molecule has 4 aliphatic carbocycles. The molecule has 0 aromatic carbocycles. The number of aliphatic hydroxyl groups excluding tert-OH is 2. The van der Waals surface area contributed by atoms with Crippen LogP contribution in [0.2, 0.25) is 0 Å². The summed E-state index contributed by atoms with van der Waals surface area (Å²) in [5, 5.41) is 24.2. The Morgan fingerprint density at radius 3 is 2.41 bits per heavy atom. The fraction of sp³-hybridized carbons (Fsp3) is 0.962. The first-order valence-electron chi connectivity index (χ1n) is 13.4. The molecular weight excluding hydrogens is 454 g/mol. The fourth-order valence-corrected chi connectivity index (χ4v) is 9.50. The van der Waals surface area contributed by atoms with Gasteiger partial charge in [0.05, 0.1) is 18.0 Å². The number of hydrogen-bond acceptors (Lipinski definition) is 5. The summed E-state index contributed by atoms with van der Waals surface area (Å²) >= 11 is 0. The smallest absolute Gasteiger partial charge is 0.266 e. The molecule has 0 aromatic rings. The van der Waals surface area contributed by atoms with Crippen molar-refractivity contribution < 1.29 is 28.0 Å². The Morgan fingerprint density at radius 2 is 1.71 bits per heavy atom. The minimum atomic E-state index is -4.06. The van der Waals surface area contributed by atoms with Gasteiger partial charge in [0, 0.05) is 13.0 Å². The molecule has 0 spiro atoms. The van der Waals surface area contributed by atoms with Gasteiger partial charge in [-0.25, -0.2) is 0 Å². The molecule has 0 aliphatic heterocycles. The molecule has 7 nitrogen and oxygen atoms in total. The molecular formula is C26H45NO6S. The van der Waals surface area contributed by atoms with Gasteiger partial charge in [-0.15, -0.1) is 0 Å². The van der Waals surface area contributed by atoms with Gasteiger partial charge in [0.1, 0.15) is 0 Å². The monoisotopic (exact) mass is 499 g/mol. The Bertz CT molecular complexity index is 863. The van der Waals surface area contributed by atoms with Gasteiger partial charge in [-0.05, 0) is 104 Å². The Balaban J connectivity index is 1.39. The van der Waals surface area contributed by atoms with Crippen LogP contribution in [0.5, 0.6) is 0 Å². The molecule has 0 bridgehead atoms. The van der Waals surface area contributed by atoms with Crippen LogP contribution in [0.4, 0.5) is 0 Å². The van der Waals surface area contributed by atoms with E-state index in [1.165, 1.54) is 6.42 Å². The highest BCUT2D eigenvalue weighted by Gasteiger charge is 2.62. The average molecular weight is 500 g/mol. The summed E-state index contributed by atoms with van der Waals surface area (Å²) in [4.78, 5) is 12.2. The van der Waals surface area contributed by atoms with E-state index in [0.29, 0.717) is 41.9 Å². The molecule has 8 heteroatoms. The maximum Gasteiger partial charge on any atom is 0.266 e. The van der Waals surface area contributed by atoms with Crippen LogP contribution in [0.3, 0.4) is 0 Å². The first kappa shape index (κ1) is 26.4. The second-order valence-electron chi connectivity index (χ2n) is 12.6. The van der Waals surface area contributed by atoms with Crippen molar-refractivity contribution in [1.82, 2.24) is 5.32 Å². The summed E-state index contributed by atoms with van der Waals surface area (Å²) in [7, 11) is -4.06. The zero-order valence-corrected chi connectivity index (χ0v) is 21.9. The normalized spacial score (nSPS) is 45.1. The van der Waals surface area contributed by atoms with Crippen LogP contribution >= 0.6 is 0 Å². The quantitative estimate of drug-likeness (QED) is 0.398. The maximum absolute atomic E-state index is 12.2. The van der Waals surface area contributed by atoms with Crippen LogP contribution < -0.4 is 5.32 Å². The van der Waals surface area contributed by atoms with Gasteiger partial charge >= 0.3 is 0 Å². The molecule has 0 radical (unpaired) electrons. The van der Waals surface area contributed by atoms with E-state index in [-0.39, 0.29) is 35.5 Å². The molecule has 0 aromatic heterocycles. The van der Waals surface area contributed by atoms with E-state index < -0.39 is 15.9 Å². The molecule has 1 amide bonds. The van der Waals surface area contributed by atoms with Crippen molar-refractivity contribution in [1.29, 1.82) is 0 Å². The number of carbonyl (C=O) groups is 1. The van der Waals surface area contributed by atoms with Gasteiger partial charge in [0.25, 0.3) is 10.1 Å². The summed E-state index contributed by atoms with van der Waals surface area (Å²) in [6, 6.07) is 0. The molecule has 0 saturated heterocycles. The van der Waals surface area contributed by atoms with E-state index in [2.05, 4.69) is 26.1 Å². The zero-order valence-electron chi connectivity index (χ0n) is 21.1. The lowest BCUT2D eigenvalue weighted by Crippen LogP contribution is -2.58. The van der Waals surface area contributed by atoms with Crippen molar-refractivity contribution in [3.8, 4) is 0 Å². The Labute approximate surface area is 205 Å². The van der Waals surface area contributed by atoms with Crippen molar-refractivity contribution >= 4 is 16.0 Å². The summed E-state index contributed by atoms with van der Waals surface area (Å²) in [5.41, 5.74) is 0.411. The molecule has 4 saturated carbocycles. The third-order valence-corrected chi connectivity index (χ3v) is 11.6. The van der Waals surface area contributed by atoms with Crippen LogP contribution in [-0.2, 0) is 14.9 Å². The van der Waals surface area contributed by atoms with E-state index in [9.17, 15) is 23.4 Å². The molecule has 4 aliphatic rings. The first-order valence-corrected chi connectivity index (χ1v) is 15.0. The number of nitrogens with one attached hydrogen (secondary N) is 1. The first-order chi connectivity index (χ1) is 15.8. The van der Waals surface area contributed by atoms with Crippen molar-refractivity contribution in [2.24, 2.45) is 46.3 Å². The molecule has 4 N–H and O–H groups in total. The highest BCUT2D eigenvalue weighted by molar-refractivity contribution is 7.85. The molecule has 196 valence electrons. The minimum absolute atomic E-state index is 0.0625. The van der Waals surface area contributed by atoms with Crippen molar-refractivity contribution in [2.75, 3.05) is 12.3 Å². The van der Waals surface area contributed by atoms with Gasteiger partial charge in [0.15, 0.2) is 0 Å². The fourth-order valence-electron chi connectivity index (χ4n) is 9.14. The maximum atomic E-state index is 12.2. The molecule has 4 rings (SSSR count). The Morgan fingerprint density at radius 1 is 1.03 bits per heavy atom. The lowest BCUT2D eigenvalue weighted by Gasteiger charge is -2.62. The van der Waals surface area contributed by atoms with Crippen LogP contribution in [0.25, 0.3) is 0 Å². The van der Waals surface area contributed by atoms with Gasteiger partial charge in [-0.1, -0.05) is 20.8 Å². The summed E-state index contributed by atoms with van der Waals surface area (Å²) < 4.78 is 30.5. The molecule has 4 fully saturated rings.